The first-order chi connectivity index (χ1) is 13.7. The number of halogens is 3. The summed E-state index contributed by atoms with van der Waals surface area (Å²) in [5.74, 6) is -0.738. The lowest BCUT2D eigenvalue weighted by Crippen LogP contribution is -2.22. The maximum Gasteiger partial charge on any atom is 0.416 e. The second-order valence-electron chi connectivity index (χ2n) is 6.35. The first kappa shape index (κ1) is 20.2. The van der Waals surface area contributed by atoms with Gasteiger partial charge in [-0.05, 0) is 49.4 Å². The number of carbonyl (C=O) groups excluding carboxylic acids is 2. The van der Waals surface area contributed by atoms with Crippen LogP contribution in [0, 0.1) is 6.92 Å². The second kappa shape index (κ2) is 8.22. The highest BCUT2D eigenvalue weighted by atomic mass is 19.4. The van der Waals surface area contributed by atoms with E-state index in [9.17, 15) is 22.8 Å². The van der Waals surface area contributed by atoms with Gasteiger partial charge in [0, 0.05) is 11.3 Å². The number of hydrogen-bond donors (Lipinski definition) is 2. The molecule has 3 aromatic rings. The van der Waals surface area contributed by atoms with E-state index in [-0.39, 0.29) is 23.9 Å². The molecule has 1 aromatic heterocycles. The predicted octanol–water partition coefficient (Wildman–Crippen LogP) is 4.79. The van der Waals surface area contributed by atoms with E-state index < -0.39 is 17.6 Å². The molecule has 2 N–H and O–H groups in total. The molecule has 8 heteroatoms. The van der Waals surface area contributed by atoms with Crippen molar-refractivity contribution in [3.05, 3.63) is 88.9 Å². The van der Waals surface area contributed by atoms with Gasteiger partial charge in [-0.3, -0.25) is 9.59 Å². The standard InChI is InChI=1S/C21H17F3N2O3/c1-13-5-7-14(8-6-13)19(27)25-12-17-9-10-18(29-17)20(28)26-16-4-2-3-15(11-16)21(22,23)24/h2-11H,12H2,1H3,(H,25,27)(H,26,28). The van der Waals surface area contributed by atoms with Crippen LogP contribution in [0.25, 0.3) is 0 Å². The van der Waals surface area contributed by atoms with E-state index in [0.29, 0.717) is 11.3 Å². The van der Waals surface area contributed by atoms with Crippen molar-refractivity contribution in [2.75, 3.05) is 5.32 Å². The van der Waals surface area contributed by atoms with Crippen molar-refractivity contribution in [3.63, 3.8) is 0 Å². The van der Waals surface area contributed by atoms with Gasteiger partial charge in [0.25, 0.3) is 11.8 Å². The maximum absolute atomic E-state index is 12.8. The van der Waals surface area contributed by atoms with Crippen molar-refractivity contribution in [3.8, 4) is 0 Å². The molecule has 0 aliphatic heterocycles. The van der Waals surface area contributed by atoms with Gasteiger partial charge in [0.05, 0.1) is 12.1 Å². The van der Waals surface area contributed by atoms with E-state index in [0.717, 1.165) is 17.7 Å². The Morgan fingerprint density at radius 2 is 1.69 bits per heavy atom. The molecule has 2 aromatic carbocycles. The molecule has 1 heterocycles. The Morgan fingerprint density at radius 1 is 0.966 bits per heavy atom. The number of aryl methyl sites for hydroxylation is 1. The van der Waals surface area contributed by atoms with Gasteiger partial charge in [0.2, 0.25) is 0 Å². The Kier molecular flexibility index (Phi) is 5.72. The molecule has 0 aliphatic rings. The minimum Gasteiger partial charge on any atom is -0.454 e. The van der Waals surface area contributed by atoms with Crippen LogP contribution in [0.4, 0.5) is 18.9 Å². The third-order valence-corrected chi connectivity index (χ3v) is 4.07. The van der Waals surface area contributed by atoms with Gasteiger partial charge in [0.15, 0.2) is 5.76 Å². The van der Waals surface area contributed by atoms with E-state index in [1.54, 1.807) is 12.1 Å². The summed E-state index contributed by atoms with van der Waals surface area (Å²) in [6.07, 6.45) is -4.51. The van der Waals surface area contributed by atoms with Gasteiger partial charge < -0.3 is 15.1 Å². The first-order valence-corrected chi connectivity index (χ1v) is 8.64. The van der Waals surface area contributed by atoms with E-state index in [4.69, 9.17) is 4.42 Å². The Balaban J connectivity index is 1.60. The molecule has 29 heavy (non-hydrogen) atoms. The number of carbonyl (C=O) groups is 2. The number of furan rings is 1. The molecule has 0 spiro atoms. The second-order valence-corrected chi connectivity index (χ2v) is 6.35. The third kappa shape index (κ3) is 5.25. The van der Waals surface area contributed by atoms with Crippen LogP contribution in [-0.4, -0.2) is 11.8 Å². The molecule has 2 amide bonds. The van der Waals surface area contributed by atoms with Gasteiger partial charge in [-0.2, -0.15) is 13.2 Å². The van der Waals surface area contributed by atoms with Gasteiger partial charge in [-0.15, -0.1) is 0 Å². The predicted molar refractivity (Wildman–Crippen MR) is 100 cm³/mol. The van der Waals surface area contributed by atoms with Crippen molar-refractivity contribution in [2.24, 2.45) is 0 Å². The number of hydrogen-bond acceptors (Lipinski definition) is 3. The number of rotatable bonds is 5. The van der Waals surface area contributed by atoms with Gasteiger partial charge in [0.1, 0.15) is 5.76 Å². The summed E-state index contributed by atoms with van der Waals surface area (Å²) in [5.41, 5.74) is 0.651. The summed E-state index contributed by atoms with van der Waals surface area (Å²) in [6.45, 7) is 1.97. The summed E-state index contributed by atoms with van der Waals surface area (Å²) >= 11 is 0. The lowest BCUT2D eigenvalue weighted by Gasteiger charge is -2.09. The zero-order chi connectivity index (χ0) is 21.0. The molecule has 0 saturated carbocycles. The quantitative estimate of drug-likeness (QED) is 0.645. The number of benzene rings is 2. The van der Waals surface area contributed by atoms with Crippen LogP contribution in [0.1, 0.15) is 37.8 Å². The van der Waals surface area contributed by atoms with E-state index in [1.807, 2.05) is 19.1 Å². The highest BCUT2D eigenvalue weighted by molar-refractivity contribution is 6.02. The fourth-order valence-electron chi connectivity index (χ4n) is 2.54. The summed E-state index contributed by atoms with van der Waals surface area (Å²) in [6, 6.07) is 14.2. The molecule has 0 bridgehead atoms. The van der Waals surface area contributed by atoms with Crippen molar-refractivity contribution >= 4 is 17.5 Å². The normalized spacial score (nSPS) is 11.2. The van der Waals surface area contributed by atoms with Crippen LogP contribution in [0.15, 0.2) is 65.1 Å². The first-order valence-electron chi connectivity index (χ1n) is 8.64. The summed E-state index contributed by atoms with van der Waals surface area (Å²) in [5, 5.41) is 5.03. The molecule has 0 atom stereocenters. The van der Waals surface area contributed by atoms with Crippen molar-refractivity contribution in [1.29, 1.82) is 0 Å². The van der Waals surface area contributed by atoms with E-state index in [2.05, 4.69) is 10.6 Å². The van der Waals surface area contributed by atoms with Gasteiger partial charge >= 0.3 is 6.18 Å². The summed E-state index contributed by atoms with van der Waals surface area (Å²) in [7, 11) is 0. The van der Waals surface area contributed by atoms with E-state index in [1.165, 1.54) is 24.3 Å². The topological polar surface area (TPSA) is 71.3 Å². The zero-order valence-electron chi connectivity index (χ0n) is 15.3. The Bertz CT molecular complexity index is 1020. The van der Waals surface area contributed by atoms with Crippen LogP contribution < -0.4 is 10.6 Å². The molecule has 0 aliphatic carbocycles. The SMILES string of the molecule is Cc1ccc(C(=O)NCc2ccc(C(=O)Nc3cccc(C(F)(F)F)c3)o2)cc1. The number of alkyl halides is 3. The molecular weight excluding hydrogens is 385 g/mol. The van der Waals surface area contributed by atoms with Crippen LogP contribution in [0.5, 0.6) is 0 Å². The maximum atomic E-state index is 12.8. The largest absolute Gasteiger partial charge is 0.454 e. The fraction of sp³-hybridized carbons (Fsp3) is 0.143. The Labute approximate surface area is 164 Å². The molecule has 0 fully saturated rings. The van der Waals surface area contributed by atoms with Crippen LogP contribution >= 0.6 is 0 Å². The lowest BCUT2D eigenvalue weighted by atomic mass is 10.1. The van der Waals surface area contributed by atoms with Gasteiger partial charge in [-0.25, -0.2) is 0 Å². The lowest BCUT2D eigenvalue weighted by molar-refractivity contribution is -0.137. The van der Waals surface area contributed by atoms with Crippen LogP contribution in [0.3, 0.4) is 0 Å². The Hall–Kier alpha value is -3.55. The zero-order valence-corrected chi connectivity index (χ0v) is 15.3. The number of anilines is 1. The number of amides is 2. The fourth-order valence-corrected chi connectivity index (χ4v) is 2.54. The molecule has 0 saturated heterocycles. The summed E-state index contributed by atoms with van der Waals surface area (Å²) < 4.78 is 43.6. The molecule has 0 radical (unpaired) electrons. The molecule has 0 unspecified atom stereocenters. The smallest absolute Gasteiger partial charge is 0.416 e. The van der Waals surface area contributed by atoms with Crippen molar-refractivity contribution < 1.29 is 27.2 Å². The highest BCUT2D eigenvalue weighted by Gasteiger charge is 2.30. The Morgan fingerprint density at radius 3 is 2.38 bits per heavy atom. The summed E-state index contributed by atoms with van der Waals surface area (Å²) in [4.78, 5) is 24.3. The third-order valence-electron chi connectivity index (χ3n) is 4.07. The minimum atomic E-state index is -4.51. The monoisotopic (exact) mass is 402 g/mol. The van der Waals surface area contributed by atoms with Crippen molar-refractivity contribution in [2.45, 2.75) is 19.6 Å². The van der Waals surface area contributed by atoms with Crippen LogP contribution in [-0.2, 0) is 12.7 Å². The molecule has 150 valence electrons. The average Bonchev–Trinajstić information content (AvgIpc) is 3.15. The minimum absolute atomic E-state index is 0.00421. The van der Waals surface area contributed by atoms with Crippen molar-refractivity contribution in [1.82, 2.24) is 5.32 Å². The average molecular weight is 402 g/mol. The molecular formula is C21H17F3N2O3. The van der Waals surface area contributed by atoms with Crippen LogP contribution in [0.2, 0.25) is 0 Å². The highest BCUT2D eigenvalue weighted by Crippen LogP contribution is 2.30. The van der Waals surface area contributed by atoms with Gasteiger partial charge in [-0.1, -0.05) is 23.8 Å². The number of nitrogens with one attached hydrogen (secondary N) is 2. The van der Waals surface area contributed by atoms with E-state index >= 15 is 0 Å². The molecule has 3 rings (SSSR count). The molecule has 5 nitrogen and oxygen atoms in total.